The zero-order chi connectivity index (χ0) is 19.1. The lowest BCUT2D eigenvalue weighted by molar-refractivity contribution is -0.128. The van der Waals surface area contributed by atoms with Gasteiger partial charge in [-0.15, -0.1) is 11.3 Å². The summed E-state index contributed by atoms with van der Waals surface area (Å²) in [4.78, 5) is 30.4. The molecule has 1 aromatic heterocycles. The fourth-order valence-corrected chi connectivity index (χ4v) is 4.46. The fraction of sp³-hybridized carbons (Fsp3) is 0.650. The number of primary amides is 1. The lowest BCUT2D eigenvalue weighted by Gasteiger charge is -2.37. The molecule has 0 aromatic carbocycles. The first kappa shape index (κ1) is 19.8. The number of hydrogen-bond acceptors (Lipinski definition) is 5. The standard InChI is InChI=1S/C20H28N4O2S/c21-17(25)7-13-24-12-4-5-16(15-24)19(26)23-20(8-2-1-3-9-20)10-6-18-22-11-14-27-18/h11,14,16H,1-5,7-9,12-13,15H2,(H2,21,25)(H,23,26). The second-order valence-corrected chi connectivity index (χ2v) is 8.47. The number of likely N-dealkylation sites (tertiary alicyclic amines) is 1. The topological polar surface area (TPSA) is 88.3 Å². The SMILES string of the molecule is NC(=O)CCN1CCCC(C(=O)NC2(C#Cc3nccs3)CCCCC2)C1. The third-order valence-electron chi connectivity index (χ3n) is 5.46. The van der Waals surface area contributed by atoms with Crippen LogP contribution in [0, 0.1) is 17.8 Å². The van der Waals surface area contributed by atoms with E-state index in [1.165, 1.54) is 17.8 Å². The maximum atomic E-state index is 13.0. The minimum Gasteiger partial charge on any atom is -0.370 e. The Bertz CT molecular complexity index is 701. The van der Waals surface area contributed by atoms with E-state index in [1.807, 2.05) is 5.38 Å². The normalized spacial score (nSPS) is 22.4. The number of carbonyl (C=O) groups excluding carboxylic acids is 2. The first-order chi connectivity index (χ1) is 13.1. The van der Waals surface area contributed by atoms with E-state index in [0.29, 0.717) is 19.5 Å². The van der Waals surface area contributed by atoms with Gasteiger partial charge in [-0.05, 0) is 38.1 Å². The highest BCUT2D eigenvalue weighted by Gasteiger charge is 2.35. The summed E-state index contributed by atoms with van der Waals surface area (Å²) in [5.74, 6) is 6.27. The Morgan fingerprint density at radius 3 is 2.85 bits per heavy atom. The smallest absolute Gasteiger partial charge is 0.225 e. The highest BCUT2D eigenvalue weighted by atomic mass is 32.1. The number of rotatable bonds is 5. The van der Waals surface area contributed by atoms with E-state index in [2.05, 4.69) is 27.0 Å². The van der Waals surface area contributed by atoms with E-state index < -0.39 is 5.54 Å². The molecule has 2 heterocycles. The monoisotopic (exact) mass is 388 g/mol. The highest BCUT2D eigenvalue weighted by molar-refractivity contribution is 7.10. The van der Waals surface area contributed by atoms with Crippen LogP contribution in [0.25, 0.3) is 0 Å². The van der Waals surface area contributed by atoms with Gasteiger partial charge in [-0.1, -0.05) is 25.2 Å². The van der Waals surface area contributed by atoms with Crippen LogP contribution >= 0.6 is 11.3 Å². The lowest BCUT2D eigenvalue weighted by Crippen LogP contribution is -2.53. The third kappa shape index (κ3) is 5.78. The van der Waals surface area contributed by atoms with Crippen molar-refractivity contribution in [1.29, 1.82) is 0 Å². The molecule has 0 bridgehead atoms. The number of amides is 2. The molecule has 3 N–H and O–H groups in total. The molecule has 6 nitrogen and oxygen atoms in total. The number of carbonyl (C=O) groups is 2. The van der Waals surface area contributed by atoms with E-state index in [4.69, 9.17) is 5.73 Å². The van der Waals surface area contributed by atoms with Gasteiger partial charge in [-0.3, -0.25) is 9.59 Å². The van der Waals surface area contributed by atoms with Gasteiger partial charge in [-0.25, -0.2) is 4.98 Å². The Kier molecular flexibility index (Phi) is 6.86. The van der Waals surface area contributed by atoms with Crippen molar-refractivity contribution in [3.8, 4) is 11.8 Å². The van der Waals surface area contributed by atoms with Crippen LogP contribution in [0.2, 0.25) is 0 Å². The van der Waals surface area contributed by atoms with E-state index in [0.717, 1.165) is 50.1 Å². The van der Waals surface area contributed by atoms with Crippen molar-refractivity contribution in [1.82, 2.24) is 15.2 Å². The summed E-state index contributed by atoms with van der Waals surface area (Å²) < 4.78 is 0. The molecule has 146 valence electrons. The van der Waals surface area contributed by atoms with Crippen LogP contribution in [0.1, 0.15) is 56.4 Å². The van der Waals surface area contributed by atoms with Crippen LogP contribution in [0.5, 0.6) is 0 Å². The summed E-state index contributed by atoms with van der Waals surface area (Å²) in [7, 11) is 0. The Labute approximate surface area is 164 Å². The molecule has 1 aromatic rings. The van der Waals surface area contributed by atoms with Gasteiger partial charge < -0.3 is 16.0 Å². The van der Waals surface area contributed by atoms with E-state index in [1.54, 1.807) is 6.20 Å². The molecule has 2 aliphatic rings. The van der Waals surface area contributed by atoms with Gasteiger partial charge in [0.25, 0.3) is 0 Å². The molecule has 0 spiro atoms. The minimum absolute atomic E-state index is 0.0490. The predicted molar refractivity (Wildman–Crippen MR) is 106 cm³/mol. The number of hydrogen-bond donors (Lipinski definition) is 2. The zero-order valence-electron chi connectivity index (χ0n) is 15.7. The maximum Gasteiger partial charge on any atom is 0.225 e. The lowest BCUT2D eigenvalue weighted by atomic mass is 9.81. The van der Waals surface area contributed by atoms with Gasteiger partial charge in [-0.2, -0.15) is 0 Å². The number of piperidine rings is 1. The van der Waals surface area contributed by atoms with Crippen molar-refractivity contribution in [3.05, 3.63) is 16.6 Å². The molecular formula is C20H28N4O2S. The van der Waals surface area contributed by atoms with Crippen molar-refractivity contribution in [2.24, 2.45) is 11.7 Å². The molecule has 1 saturated carbocycles. The van der Waals surface area contributed by atoms with Crippen molar-refractivity contribution >= 4 is 23.2 Å². The summed E-state index contributed by atoms with van der Waals surface area (Å²) in [5.41, 5.74) is 4.82. The predicted octanol–water partition coefficient (Wildman–Crippen LogP) is 1.90. The van der Waals surface area contributed by atoms with Crippen LogP contribution in [0.4, 0.5) is 0 Å². The molecule has 0 radical (unpaired) electrons. The van der Waals surface area contributed by atoms with E-state index >= 15 is 0 Å². The molecule has 1 aliphatic heterocycles. The summed E-state index contributed by atoms with van der Waals surface area (Å²) in [6.45, 7) is 2.25. The quantitative estimate of drug-likeness (QED) is 0.754. The Morgan fingerprint density at radius 1 is 1.33 bits per heavy atom. The zero-order valence-corrected chi connectivity index (χ0v) is 16.5. The van der Waals surface area contributed by atoms with Crippen LogP contribution in [-0.4, -0.2) is 46.9 Å². The van der Waals surface area contributed by atoms with E-state index in [-0.39, 0.29) is 17.7 Å². The number of thiazole rings is 1. The average Bonchev–Trinajstić information content (AvgIpc) is 3.19. The van der Waals surface area contributed by atoms with Crippen molar-refractivity contribution in [3.63, 3.8) is 0 Å². The summed E-state index contributed by atoms with van der Waals surface area (Å²) in [6.07, 6.45) is 9.11. The Hall–Kier alpha value is -1.91. The first-order valence-electron chi connectivity index (χ1n) is 9.82. The molecule has 2 fully saturated rings. The van der Waals surface area contributed by atoms with Gasteiger partial charge in [0.15, 0.2) is 5.01 Å². The van der Waals surface area contributed by atoms with Crippen LogP contribution in [0.3, 0.4) is 0 Å². The van der Waals surface area contributed by atoms with Gasteiger partial charge in [0, 0.05) is 31.1 Å². The van der Waals surface area contributed by atoms with Gasteiger partial charge >= 0.3 is 0 Å². The average molecular weight is 389 g/mol. The largest absolute Gasteiger partial charge is 0.370 e. The highest BCUT2D eigenvalue weighted by Crippen LogP contribution is 2.29. The van der Waals surface area contributed by atoms with Crippen molar-refractivity contribution < 1.29 is 9.59 Å². The fourth-order valence-electron chi connectivity index (χ4n) is 3.97. The summed E-state index contributed by atoms with van der Waals surface area (Å²) >= 11 is 1.52. The maximum absolute atomic E-state index is 13.0. The molecule has 2 amide bonds. The molecule has 1 unspecified atom stereocenters. The first-order valence-corrected chi connectivity index (χ1v) is 10.7. The molecule has 3 rings (SSSR count). The number of nitrogens with two attached hydrogens (primary N) is 1. The Balaban J connectivity index is 1.64. The summed E-state index contributed by atoms with van der Waals surface area (Å²) in [5, 5.41) is 6.01. The molecule has 1 saturated heterocycles. The number of nitrogens with zero attached hydrogens (tertiary/aromatic N) is 2. The van der Waals surface area contributed by atoms with Crippen molar-refractivity contribution in [2.75, 3.05) is 19.6 Å². The summed E-state index contributed by atoms with van der Waals surface area (Å²) in [6, 6.07) is 0. The second-order valence-electron chi connectivity index (χ2n) is 7.58. The van der Waals surface area contributed by atoms with Gasteiger partial charge in [0.1, 0.15) is 5.54 Å². The minimum atomic E-state index is -0.434. The van der Waals surface area contributed by atoms with Gasteiger partial charge in [0.2, 0.25) is 11.8 Å². The van der Waals surface area contributed by atoms with Crippen molar-refractivity contribution in [2.45, 2.75) is 56.9 Å². The number of nitrogens with one attached hydrogen (secondary N) is 1. The molecule has 1 aliphatic carbocycles. The van der Waals surface area contributed by atoms with E-state index in [9.17, 15) is 9.59 Å². The molecule has 27 heavy (non-hydrogen) atoms. The van der Waals surface area contributed by atoms with Crippen LogP contribution in [0.15, 0.2) is 11.6 Å². The van der Waals surface area contributed by atoms with Crippen LogP contribution in [-0.2, 0) is 9.59 Å². The Morgan fingerprint density at radius 2 is 2.15 bits per heavy atom. The number of aromatic nitrogens is 1. The second kappa shape index (κ2) is 9.34. The van der Waals surface area contributed by atoms with Gasteiger partial charge in [0.05, 0.1) is 5.92 Å². The molecular weight excluding hydrogens is 360 g/mol. The van der Waals surface area contributed by atoms with Crippen LogP contribution < -0.4 is 11.1 Å². The third-order valence-corrected chi connectivity index (χ3v) is 6.15. The molecule has 1 atom stereocenters. The molecule has 7 heteroatoms.